The van der Waals surface area contributed by atoms with E-state index >= 15 is 0 Å². The third-order valence-corrected chi connectivity index (χ3v) is 7.57. The molecule has 156 valence electrons. The van der Waals surface area contributed by atoms with Crippen molar-refractivity contribution in [1.82, 2.24) is 0 Å². The fourth-order valence-electron chi connectivity index (χ4n) is 5.26. The second-order valence-corrected chi connectivity index (χ2v) is 15.1. The van der Waals surface area contributed by atoms with Crippen LogP contribution in [0.2, 0.25) is 19.6 Å². The van der Waals surface area contributed by atoms with Crippen LogP contribution in [0.25, 0.3) is 4.85 Å². The number of Topliss-reactive ketones (excluding diaryl/α,β-unsaturated/α-hetero) is 1. The molecule has 0 radical (unpaired) electrons. The Bertz CT molecular complexity index is 1190. The van der Waals surface area contributed by atoms with Gasteiger partial charge < -0.3 is 4.79 Å². The maximum absolute atomic E-state index is 12.9. The molecule has 0 bridgehead atoms. The number of hydrogen-bond donors (Lipinski definition) is 0. The van der Waals surface area contributed by atoms with E-state index in [1.165, 1.54) is 6.08 Å². The summed E-state index contributed by atoms with van der Waals surface area (Å²) >= 11 is 0. The summed E-state index contributed by atoms with van der Waals surface area (Å²) in [7, 11) is -1.59. The molecule has 1 saturated carbocycles. The van der Waals surface area contributed by atoms with Gasteiger partial charge in [0.2, 0.25) is 5.70 Å². The van der Waals surface area contributed by atoms with Crippen LogP contribution < -0.4 is 0 Å². The number of nitriles is 1. The van der Waals surface area contributed by atoms with E-state index in [4.69, 9.17) is 6.57 Å². The van der Waals surface area contributed by atoms with Crippen LogP contribution in [0.15, 0.2) is 35.1 Å². The van der Waals surface area contributed by atoms with E-state index in [9.17, 15) is 14.9 Å². The summed E-state index contributed by atoms with van der Waals surface area (Å²) in [5.74, 6) is 8.69. The number of allylic oxidation sites excluding steroid dienone is 6. The third-order valence-electron chi connectivity index (χ3n) is 6.70. The lowest BCUT2D eigenvalue weighted by molar-refractivity contribution is -0.130. The second kappa shape index (κ2) is 7.23. The van der Waals surface area contributed by atoms with Gasteiger partial charge >= 0.3 is 0 Å². The van der Waals surface area contributed by atoms with Crippen LogP contribution in [0.5, 0.6) is 0 Å². The van der Waals surface area contributed by atoms with E-state index in [0.29, 0.717) is 12.8 Å². The van der Waals surface area contributed by atoms with Crippen LogP contribution in [-0.4, -0.2) is 19.6 Å². The maximum Gasteiger partial charge on any atom is 0.226 e. The Morgan fingerprint density at radius 1 is 1.16 bits per heavy atom. The number of ketones is 2. The number of carbonyl (C=O) groups is 2. The summed E-state index contributed by atoms with van der Waals surface area (Å²) in [6.07, 6.45) is 6.22. The zero-order chi connectivity index (χ0) is 23.2. The summed E-state index contributed by atoms with van der Waals surface area (Å²) in [6, 6.07) is 2.01. The molecule has 0 N–H and O–H groups in total. The fraction of sp³-hybridized carbons (Fsp3) is 0.462. The lowest BCUT2D eigenvalue weighted by Gasteiger charge is -2.56. The van der Waals surface area contributed by atoms with Crippen LogP contribution in [0, 0.1) is 63.4 Å². The SMILES string of the molecule is [C-]#[N+]C1=CC2(C)C3=CC(=O)C(C#N)=CC3(C#CC#C[Si](C)(C)C)CCC2C(C)(C)C1=O. The smallest absolute Gasteiger partial charge is 0.226 e. The monoisotopic (exact) mass is 426 g/mol. The molecule has 31 heavy (non-hydrogen) atoms. The molecule has 0 amide bonds. The van der Waals surface area contributed by atoms with Crippen molar-refractivity contribution in [2.75, 3.05) is 0 Å². The summed E-state index contributed by atoms with van der Waals surface area (Å²) < 4.78 is 0. The van der Waals surface area contributed by atoms with Crippen LogP contribution in [0.3, 0.4) is 0 Å². The number of rotatable bonds is 0. The summed E-state index contributed by atoms with van der Waals surface area (Å²) in [5.41, 5.74) is 1.96. The van der Waals surface area contributed by atoms with Crippen molar-refractivity contribution in [3.63, 3.8) is 0 Å². The van der Waals surface area contributed by atoms with E-state index < -0.39 is 24.3 Å². The average molecular weight is 427 g/mol. The highest BCUT2D eigenvalue weighted by molar-refractivity contribution is 6.83. The van der Waals surface area contributed by atoms with E-state index in [1.54, 1.807) is 12.2 Å². The van der Waals surface area contributed by atoms with Crippen LogP contribution in [-0.2, 0) is 9.59 Å². The van der Waals surface area contributed by atoms with E-state index in [1.807, 2.05) is 26.8 Å². The first kappa shape index (κ1) is 22.6. The van der Waals surface area contributed by atoms with Crippen molar-refractivity contribution in [1.29, 1.82) is 5.26 Å². The summed E-state index contributed by atoms with van der Waals surface area (Å²) in [4.78, 5) is 29.1. The quantitative estimate of drug-likeness (QED) is 0.322. The van der Waals surface area contributed by atoms with Gasteiger partial charge in [-0.2, -0.15) is 5.26 Å². The van der Waals surface area contributed by atoms with Crippen LogP contribution in [0.1, 0.15) is 33.6 Å². The molecule has 3 aliphatic carbocycles. The molecule has 1 fully saturated rings. The van der Waals surface area contributed by atoms with Gasteiger partial charge in [-0.1, -0.05) is 52.4 Å². The standard InChI is InChI=1S/C26H26N2O2Si/c1-24(2)21-10-12-26(11-8-9-13-31(5,6)7)15-18(17-27)20(29)14-22(26)25(21,3)16-19(28-4)23(24)30/h14-16,21H,10,12H2,1-3,5-7H3. The highest BCUT2D eigenvalue weighted by Crippen LogP contribution is 2.63. The minimum absolute atomic E-state index is 0.0722. The van der Waals surface area contributed by atoms with Gasteiger partial charge in [-0.05, 0) is 48.3 Å². The Hall–Kier alpha value is -3.12. The molecule has 0 heterocycles. The number of hydrogen-bond acceptors (Lipinski definition) is 3. The molecule has 0 aromatic rings. The molecular weight excluding hydrogens is 400 g/mol. The molecule has 0 aromatic carbocycles. The molecule has 3 unspecified atom stereocenters. The highest BCUT2D eigenvalue weighted by atomic mass is 28.3. The number of carbonyl (C=O) groups excluding carboxylic acids is 2. The fourth-order valence-corrected chi connectivity index (χ4v) is 5.70. The molecule has 5 heteroatoms. The predicted molar refractivity (Wildman–Crippen MR) is 122 cm³/mol. The largest absolute Gasteiger partial charge is 0.307 e. The molecule has 3 atom stereocenters. The Balaban J connectivity index is 2.26. The zero-order valence-corrected chi connectivity index (χ0v) is 19.9. The third kappa shape index (κ3) is 3.61. The predicted octanol–water partition coefficient (Wildman–Crippen LogP) is 4.64. The number of nitrogens with zero attached hydrogens (tertiary/aromatic N) is 2. The summed E-state index contributed by atoms with van der Waals surface area (Å²) in [5, 5.41) is 9.50. The highest BCUT2D eigenvalue weighted by Gasteiger charge is 2.59. The van der Waals surface area contributed by atoms with Gasteiger partial charge in [0, 0.05) is 10.8 Å². The van der Waals surface area contributed by atoms with E-state index in [0.717, 1.165) is 5.57 Å². The second-order valence-electron chi connectivity index (χ2n) is 10.4. The molecule has 0 spiro atoms. The van der Waals surface area contributed by atoms with E-state index in [-0.39, 0.29) is 28.8 Å². The van der Waals surface area contributed by atoms with Crippen LogP contribution >= 0.6 is 0 Å². The first-order chi connectivity index (χ1) is 14.3. The molecular formula is C26H26N2O2Si. The van der Waals surface area contributed by atoms with Crippen molar-refractivity contribution >= 4 is 19.6 Å². The molecule has 3 aliphatic rings. The van der Waals surface area contributed by atoms with Crippen LogP contribution in [0.4, 0.5) is 0 Å². The summed E-state index contributed by atoms with van der Waals surface area (Å²) in [6.45, 7) is 19.7. The minimum atomic E-state index is -1.59. The van der Waals surface area contributed by atoms with Gasteiger partial charge in [-0.3, -0.25) is 4.79 Å². The number of fused-ring (bicyclic) bond motifs is 3. The van der Waals surface area contributed by atoms with Gasteiger partial charge in [0.15, 0.2) is 11.6 Å². The minimum Gasteiger partial charge on any atom is -0.307 e. The molecule has 0 saturated heterocycles. The van der Waals surface area contributed by atoms with Gasteiger partial charge in [-0.25, -0.2) is 4.85 Å². The Morgan fingerprint density at radius 2 is 1.84 bits per heavy atom. The van der Waals surface area contributed by atoms with Gasteiger partial charge in [0.1, 0.15) is 14.1 Å². The molecule has 0 aromatic heterocycles. The topological polar surface area (TPSA) is 62.3 Å². The maximum atomic E-state index is 12.9. The van der Waals surface area contributed by atoms with E-state index in [2.05, 4.69) is 47.8 Å². The normalized spacial score (nSPS) is 31.0. The van der Waals surface area contributed by atoms with Gasteiger partial charge in [0.25, 0.3) is 0 Å². The molecule has 4 nitrogen and oxygen atoms in total. The van der Waals surface area contributed by atoms with Crippen molar-refractivity contribution < 1.29 is 9.59 Å². The van der Waals surface area contributed by atoms with Crippen molar-refractivity contribution in [2.24, 2.45) is 22.2 Å². The first-order valence-corrected chi connectivity index (χ1v) is 13.9. The lowest BCUT2D eigenvalue weighted by Crippen LogP contribution is -2.53. The van der Waals surface area contributed by atoms with Gasteiger partial charge in [-0.15, -0.1) is 5.54 Å². The van der Waals surface area contributed by atoms with Crippen molar-refractivity contribution in [3.8, 4) is 29.4 Å². The Morgan fingerprint density at radius 3 is 2.42 bits per heavy atom. The first-order valence-electron chi connectivity index (χ1n) is 10.4. The zero-order valence-electron chi connectivity index (χ0n) is 18.9. The lowest BCUT2D eigenvalue weighted by atomic mass is 9.46. The van der Waals surface area contributed by atoms with Crippen molar-refractivity contribution in [2.45, 2.75) is 53.3 Å². The Kier molecular flexibility index (Phi) is 5.26. The van der Waals surface area contributed by atoms with Crippen molar-refractivity contribution in [3.05, 3.63) is 46.5 Å². The van der Waals surface area contributed by atoms with Gasteiger partial charge in [0.05, 0.1) is 17.6 Å². The molecule has 3 rings (SSSR count). The average Bonchev–Trinajstić information content (AvgIpc) is 2.68. The molecule has 0 aliphatic heterocycles. The Labute approximate surface area is 185 Å².